The van der Waals surface area contributed by atoms with Gasteiger partial charge in [0.15, 0.2) is 0 Å². The third kappa shape index (κ3) is 1.07. The summed E-state index contributed by atoms with van der Waals surface area (Å²) in [7, 11) is 1.57. The number of hydrogen-bond donors (Lipinski definition) is 1. The van der Waals surface area contributed by atoms with Crippen LogP contribution in [0.5, 0.6) is 0 Å². The molecule has 0 unspecified atom stereocenters. The monoisotopic (exact) mass is 144 g/mol. The number of aromatic nitrogens is 4. The molecule has 0 saturated carbocycles. The predicted octanol–water partition coefficient (Wildman–Crippen LogP) is -0.720. The summed E-state index contributed by atoms with van der Waals surface area (Å²) in [6.45, 7) is 0. The highest BCUT2D eigenvalue weighted by Gasteiger charge is 2.06. The van der Waals surface area contributed by atoms with Gasteiger partial charge in [-0.1, -0.05) is 12.6 Å². The number of rotatable bonds is 1. The van der Waals surface area contributed by atoms with Crippen molar-refractivity contribution in [3.05, 3.63) is 5.82 Å². The molecule has 0 amide bonds. The van der Waals surface area contributed by atoms with Crippen molar-refractivity contribution in [1.29, 1.82) is 0 Å². The Morgan fingerprint density at radius 2 is 2.44 bits per heavy atom. The van der Waals surface area contributed by atoms with E-state index in [1.165, 1.54) is 4.68 Å². The molecule has 0 aromatic carbocycles. The van der Waals surface area contributed by atoms with Crippen molar-refractivity contribution in [1.82, 2.24) is 20.2 Å². The summed E-state index contributed by atoms with van der Waals surface area (Å²) >= 11 is 3.52. The highest BCUT2D eigenvalue weighted by Crippen LogP contribution is 1.92. The summed E-state index contributed by atoms with van der Waals surface area (Å²) in [6.07, 6.45) is 0. The maximum Gasteiger partial charge on any atom is 0.255 e. The summed E-state index contributed by atoms with van der Waals surface area (Å²) in [5, 5.41) is 9.62. The van der Waals surface area contributed by atoms with Crippen LogP contribution in [-0.4, -0.2) is 25.3 Å². The highest BCUT2D eigenvalue weighted by molar-refractivity contribution is 7.97. The van der Waals surface area contributed by atoms with Crippen molar-refractivity contribution < 1.29 is 4.79 Å². The van der Waals surface area contributed by atoms with E-state index in [-0.39, 0.29) is 5.82 Å². The van der Waals surface area contributed by atoms with Crippen LogP contribution >= 0.6 is 12.6 Å². The average molecular weight is 144 g/mol. The Hall–Kier alpha value is -0.910. The summed E-state index contributed by atoms with van der Waals surface area (Å²) in [6, 6.07) is 0. The molecule has 0 fully saturated rings. The number of tetrazole rings is 1. The smallest absolute Gasteiger partial charge is 0.255 e. The van der Waals surface area contributed by atoms with Crippen molar-refractivity contribution >= 4 is 17.7 Å². The first-order valence-corrected chi connectivity index (χ1v) is 2.62. The molecule has 1 heterocycles. The highest BCUT2D eigenvalue weighted by atomic mass is 32.1. The van der Waals surface area contributed by atoms with Crippen molar-refractivity contribution in [2.75, 3.05) is 0 Å². The van der Waals surface area contributed by atoms with Crippen LogP contribution in [0.1, 0.15) is 10.6 Å². The van der Waals surface area contributed by atoms with Gasteiger partial charge in [0.1, 0.15) is 0 Å². The van der Waals surface area contributed by atoms with Gasteiger partial charge in [-0.15, -0.1) is 5.10 Å². The molecule has 1 aromatic heterocycles. The molecule has 0 aliphatic heterocycles. The van der Waals surface area contributed by atoms with Gasteiger partial charge in [0, 0.05) is 7.05 Å². The molecule has 0 bridgehead atoms. The maximum atomic E-state index is 10.4. The second kappa shape index (κ2) is 2.14. The number of carbonyl (C=O) groups excluding carboxylic acids is 1. The first-order valence-electron chi connectivity index (χ1n) is 2.17. The Balaban J connectivity index is 3.08. The lowest BCUT2D eigenvalue weighted by molar-refractivity contribution is 0.107. The molecule has 1 aromatic rings. The Bertz CT molecular complexity index is 231. The van der Waals surface area contributed by atoms with Gasteiger partial charge < -0.3 is 0 Å². The molecule has 0 N–H and O–H groups in total. The van der Waals surface area contributed by atoms with E-state index in [9.17, 15) is 4.79 Å². The average Bonchev–Trinajstić information content (AvgIpc) is 2.13. The molecule has 0 saturated heterocycles. The van der Waals surface area contributed by atoms with Crippen molar-refractivity contribution in [2.24, 2.45) is 7.05 Å². The quantitative estimate of drug-likeness (QED) is 0.528. The van der Waals surface area contributed by atoms with E-state index < -0.39 is 5.12 Å². The molecule has 6 heteroatoms. The molecule has 1 rings (SSSR count). The Kier molecular flexibility index (Phi) is 1.48. The maximum absolute atomic E-state index is 10.4. The third-order valence-electron chi connectivity index (χ3n) is 0.811. The third-order valence-corrected chi connectivity index (χ3v) is 1.01. The van der Waals surface area contributed by atoms with Gasteiger partial charge in [-0.25, -0.2) is 4.68 Å². The molecular weight excluding hydrogens is 140 g/mol. The Labute approximate surface area is 56.5 Å². The second-order valence-electron chi connectivity index (χ2n) is 1.43. The molecule has 0 spiro atoms. The molecule has 0 atom stereocenters. The Morgan fingerprint density at radius 3 is 2.67 bits per heavy atom. The standard InChI is InChI=1S/C3H4N4OS/c1-7-2(3(8)9)4-5-6-7/h1H3,(H,8,9). The molecule has 9 heavy (non-hydrogen) atoms. The van der Waals surface area contributed by atoms with E-state index >= 15 is 0 Å². The van der Waals surface area contributed by atoms with Crippen molar-refractivity contribution in [3.63, 3.8) is 0 Å². The summed E-state index contributed by atoms with van der Waals surface area (Å²) in [5.74, 6) is 0.151. The summed E-state index contributed by atoms with van der Waals surface area (Å²) in [5.41, 5.74) is 0. The zero-order valence-corrected chi connectivity index (χ0v) is 5.54. The zero-order valence-electron chi connectivity index (χ0n) is 4.64. The molecule has 0 aliphatic carbocycles. The van der Waals surface area contributed by atoms with E-state index in [0.717, 1.165) is 0 Å². The first kappa shape index (κ1) is 6.21. The molecule has 5 nitrogen and oxygen atoms in total. The fourth-order valence-corrected chi connectivity index (χ4v) is 0.600. The number of nitrogens with zero attached hydrogens (tertiary/aromatic N) is 4. The van der Waals surface area contributed by atoms with Crippen molar-refractivity contribution in [3.8, 4) is 0 Å². The van der Waals surface area contributed by atoms with Crippen LogP contribution < -0.4 is 0 Å². The van der Waals surface area contributed by atoms with Gasteiger partial charge in [-0.3, -0.25) is 4.79 Å². The minimum Gasteiger partial charge on any atom is -0.278 e. The minimum absolute atomic E-state index is 0.151. The van der Waals surface area contributed by atoms with Crippen LogP contribution in [0.15, 0.2) is 0 Å². The minimum atomic E-state index is -0.428. The Morgan fingerprint density at radius 1 is 1.78 bits per heavy atom. The van der Waals surface area contributed by atoms with E-state index in [1.807, 2.05) is 0 Å². The van der Waals surface area contributed by atoms with Gasteiger partial charge in [-0.05, 0) is 10.4 Å². The lowest BCUT2D eigenvalue weighted by atomic mass is 10.7. The largest absolute Gasteiger partial charge is 0.278 e. The lowest BCUT2D eigenvalue weighted by Crippen LogP contribution is -2.02. The fourth-order valence-electron chi connectivity index (χ4n) is 0.411. The van der Waals surface area contributed by atoms with E-state index in [2.05, 4.69) is 28.2 Å². The van der Waals surface area contributed by atoms with Crippen LogP contribution in [-0.2, 0) is 7.05 Å². The first-order chi connectivity index (χ1) is 4.22. The normalized spacial score (nSPS) is 9.56. The number of aryl methyl sites for hydroxylation is 1. The number of thiol groups is 1. The van der Waals surface area contributed by atoms with Crippen molar-refractivity contribution in [2.45, 2.75) is 0 Å². The molecular formula is C3H4N4OS. The van der Waals surface area contributed by atoms with E-state index in [4.69, 9.17) is 0 Å². The van der Waals surface area contributed by atoms with Crippen LogP contribution in [0.4, 0.5) is 0 Å². The van der Waals surface area contributed by atoms with Crippen LogP contribution in [0.25, 0.3) is 0 Å². The second-order valence-corrected chi connectivity index (χ2v) is 1.84. The summed E-state index contributed by atoms with van der Waals surface area (Å²) < 4.78 is 1.26. The zero-order chi connectivity index (χ0) is 6.85. The topological polar surface area (TPSA) is 60.7 Å². The molecule has 0 radical (unpaired) electrons. The molecule has 0 aliphatic rings. The van der Waals surface area contributed by atoms with Crippen LogP contribution in [0.3, 0.4) is 0 Å². The van der Waals surface area contributed by atoms with Gasteiger partial charge in [0.25, 0.3) is 5.12 Å². The van der Waals surface area contributed by atoms with Gasteiger partial charge in [-0.2, -0.15) is 0 Å². The van der Waals surface area contributed by atoms with Crippen LogP contribution in [0.2, 0.25) is 0 Å². The van der Waals surface area contributed by atoms with Crippen LogP contribution in [0, 0.1) is 0 Å². The number of carbonyl (C=O) groups is 1. The predicted molar refractivity (Wildman–Crippen MR) is 32.1 cm³/mol. The van der Waals surface area contributed by atoms with Gasteiger partial charge in [0.2, 0.25) is 5.82 Å². The van der Waals surface area contributed by atoms with Gasteiger partial charge >= 0.3 is 0 Å². The SMILES string of the molecule is Cn1nnnc1C(=O)S. The fraction of sp³-hybridized carbons (Fsp3) is 0.333. The molecule has 48 valence electrons. The summed E-state index contributed by atoms with van der Waals surface area (Å²) in [4.78, 5) is 10.4. The van der Waals surface area contributed by atoms with Gasteiger partial charge in [0.05, 0.1) is 0 Å². The van der Waals surface area contributed by atoms with E-state index in [1.54, 1.807) is 7.05 Å². The van der Waals surface area contributed by atoms with E-state index in [0.29, 0.717) is 0 Å². The number of hydrogen-bond acceptors (Lipinski definition) is 4. The lowest BCUT2D eigenvalue weighted by Gasteiger charge is -1.86.